The van der Waals surface area contributed by atoms with Crippen molar-refractivity contribution in [2.24, 2.45) is 5.73 Å². The zero-order valence-corrected chi connectivity index (χ0v) is 15.4. The summed E-state index contributed by atoms with van der Waals surface area (Å²) in [4.78, 5) is 12.2. The molecule has 0 saturated heterocycles. The van der Waals surface area contributed by atoms with E-state index in [-0.39, 0.29) is 24.1 Å². The second kappa shape index (κ2) is 9.25. The van der Waals surface area contributed by atoms with Crippen molar-refractivity contribution in [3.05, 3.63) is 65.2 Å². The van der Waals surface area contributed by atoms with Crippen LogP contribution in [0.25, 0.3) is 0 Å². The van der Waals surface area contributed by atoms with Gasteiger partial charge in [-0.2, -0.15) is 0 Å². The van der Waals surface area contributed by atoms with Crippen LogP contribution in [-0.4, -0.2) is 17.8 Å². The van der Waals surface area contributed by atoms with E-state index in [1.54, 1.807) is 24.3 Å². The minimum atomic E-state index is -0.186. The van der Waals surface area contributed by atoms with Crippen LogP contribution in [0.2, 0.25) is 0 Å². The fourth-order valence-corrected chi connectivity index (χ4v) is 3.00. The summed E-state index contributed by atoms with van der Waals surface area (Å²) >= 11 is 0. The maximum Gasteiger partial charge on any atom is 0.251 e. The molecule has 0 aliphatic heterocycles. The summed E-state index contributed by atoms with van der Waals surface area (Å²) in [5.41, 5.74) is 7.51. The van der Waals surface area contributed by atoms with Gasteiger partial charge < -0.3 is 15.8 Å². The van der Waals surface area contributed by atoms with Gasteiger partial charge in [-0.15, -0.1) is 12.4 Å². The van der Waals surface area contributed by atoms with Crippen molar-refractivity contribution in [3.8, 4) is 5.75 Å². The number of nitrogen functional groups attached to an aromatic ring is 1. The molecule has 1 saturated carbocycles. The number of ether oxygens (including phenoxy) is 1. The first-order chi connectivity index (χ1) is 12.1. The Morgan fingerprint density at radius 3 is 2.42 bits per heavy atom. The summed E-state index contributed by atoms with van der Waals surface area (Å²) < 4.78 is 5.94. The third kappa shape index (κ3) is 5.23. The summed E-state index contributed by atoms with van der Waals surface area (Å²) in [6, 6.07) is 14.6. The summed E-state index contributed by atoms with van der Waals surface area (Å²) in [7, 11) is 0. The van der Waals surface area contributed by atoms with E-state index in [0.29, 0.717) is 23.8 Å². The fraction of sp³-hybridized carbons (Fsp3) is 0.300. The summed E-state index contributed by atoms with van der Waals surface area (Å²) in [5.74, 6) is 0.651. The standard InChI is InChI=1S/C20H23N3O2.ClH/c21-19(22)15-4-3-5-16(12-15)20(24)23-13-14-8-10-18(11-9-14)25-17-6-1-2-7-17;/h3-5,8-12,17H,1-2,6-7,13H2,(H3,21,22)(H,23,24);1H. The molecule has 0 spiro atoms. The Morgan fingerprint density at radius 1 is 1.12 bits per heavy atom. The molecular formula is C20H24ClN3O2. The molecule has 4 N–H and O–H groups in total. The lowest BCUT2D eigenvalue weighted by molar-refractivity contribution is 0.0951. The van der Waals surface area contributed by atoms with Crippen LogP contribution in [0.15, 0.2) is 48.5 Å². The van der Waals surface area contributed by atoms with Gasteiger partial charge in [0, 0.05) is 17.7 Å². The predicted molar refractivity (Wildman–Crippen MR) is 105 cm³/mol. The number of benzene rings is 2. The number of amides is 1. The van der Waals surface area contributed by atoms with E-state index in [1.165, 1.54) is 12.8 Å². The van der Waals surface area contributed by atoms with Crippen molar-refractivity contribution in [1.82, 2.24) is 5.32 Å². The van der Waals surface area contributed by atoms with Crippen LogP contribution in [-0.2, 0) is 6.54 Å². The average molecular weight is 374 g/mol. The van der Waals surface area contributed by atoms with Crippen LogP contribution < -0.4 is 15.8 Å². The van der Waals surface area contributed by atoms with Crippen LogP contribution in [0.4, 0.5) is 0 Å². The molecule has 1 fully saturated rings. The highest BCUT2D eigenvalue weighted by atomic mass is 35.5. The van der Waals surface area contributed by atoms with Crippen molar-refractivity contribution >= 4 is 24.1 Å². The largest absolute Gasteiger partial charge is 0.490 e. The number of hydrogen-bond acceptors (Lipinski definition) is 3. The Labute approximate surface area is 159 Å². The predicted octanol–water partition coefficient (Wildman–Crippen LogP) is 3.64. The van der Waals surface area contributed by atoms with E-state index in [4.69, 9.17) is 15.9 Å². The first-order valence-corrected chi connectivity index (χ1v) is 8.60. The van der Waals surface area contributed by atoms with Crippen LogP contribution in [0.1, 0.15) is 47.2 Å². The Hall–Kier alpha value is -2.53. The lowest BCUT2D eigenvalue weighted by atomic mass is 10.1. The van der Waals surface area contributed by atoms with Gasteiger partial charge in [0.1, 0.15) is 11.6 Å². The van der Waals surface area contributed by atoms with Crippen molar-refractivity contribution in [2.45, 2.75) is 38.3 Å². The molecule has 6 heteroatoms. The second-order valence-electron chi connectivity index (χ2n) is 6.35. The minimum absolute atomic E-state index is 0. The van der Waals surface area contributed by atoms with Gasteiger partial charge in [0.25, 0.3) is 5.91 Å². The number of nitrogens with two attached hydrogens (primary N) is 1. The zero-order chi connectivity index (χ0) is 17.6. The Bertz CT molecular complexity index is 756. The SMILES string of the molecule is Cl.N=C(N)c1cccc(C(=O)NCc2ccc(OC3CCCC3)cc2)c1. The molecule has 2 aromatic rings. The van der Waals surface area contributed by atoms with Crippen LogP contribution in [0, 0.1) is 5.41 Å². The Balaban J connectivity index is 0.00000243. The van der Waals surface area contributed by atoms with E-state index >= 15 is 0 Å². The molecule has 0 heterocycles. The van der Waals surface area contributed by atoms with E-state index in [2.05, 4.69) is 5.32 Å². The van der Waals surface area contributed by atoms with E-state index in [9.17, 15) is 4.79 Å². The number of halogens is 1. The summed E-state index contributed by atoms with van der Waals surface area (Å²) in [5, 5.41) is 10.3. The van der Waals surface area contributed by atoms with E-state index < -0.39 is 0 Å². The van der Waals surface area contributed by atoms with Crippen molar-refractivity contribution in [1.29, 1.82) is 5.41 Å². The molecule has 0 unspecified atom stereocenters. The van der Waals surface area contributed by atoms with Crippen molar-refractivity contribution in [2.75, 3.05) is 0 Å². The molecule has 0 radical (unpaired) electrons. The minimum Gasteiger partial charge on any atom is -0.490 e. The first kappa shape index (κ1) is 19.8. The number of rotatable bonds is 6. The molecule has 5 nitrogen and oxygen atoms in total. The third-order valence-electron chi connectivity index (χ3n) is 4.42. The maximum absolute atomic E-state index is 12.2. The van der Waals surface area contributed by atoms with Crippen molar-refractivity contribution in [3.63, 3.8) is 0 Å². The number of hydrogen-bond donors (Lipinski definition) is 3. The molecule has 0 atom stereocenters. The fourth-order valence-electron chi connectivity index (χ4n) is 3.00. The van der Waals surface area contributed by atoms with Gasteiger partial charge in [0.2, 0.25) is 0 Å². The summed E-state index contributed by atoms with van der Waals surface area (Å²) in [6.45, 7) is 0.437. The van der Waals surface area contributed by atoms with Crippen LogP contribution in [0.3, 0.4) is 0 Å². The van der Waals surface area contributed by atoms with Gasteiger partial charge in [-0.25, -0.2) is 0 Å². The molecule has 138 valence electrons. The highest BCUT2D eigenvalue weighted by Gasteiger charge is 2.16. The molecule has 2 aromatic carbocycles. The lowest BCUT2D eigenvalue weighted by Gasteiger charge is -2.13. The highest BCUT2D eigenvalue weighted by Crippen LogP contribution is 2.24. The second-order valence-corrected chi connectivity index (χ2v) is 6.35. The van der Waals surface area contributed by atoms with Gasteiger partial charge in [-0.3, -0.25) is 10.2 Å². The first-order valence-electron chi connectivity index (χ1n) is 8.60. The molecule has 0 bridgehead atoms. The average Bonchev–Trinajstić information content (AvgIpc) is 3.14. The molecular weight excluding hydrogens is 350 g/mol. The van der Waals surface area contributed by atoms with Gasteiger partial charge in [-0.05, 0) is 55.5 Å². The number of amidine groups is 1. The zero-order valence-electron chi connectivity index (χ0n) is 14.5. The van der Waals surface area contributed by atoms with Gasteiger partial charge in [0.05, 0.1) is 6.10 Å². The third-order valence-corrected chi connectivity index (χ3v) is 4.42. The quantitative estimate of drug-likeness (QED) is 0.533. The highest BCUT2D eigenvalue weighted by molar-refractivity contribution is 5.99. The Kier molecular flexibility index (Phi) is 7.04. The molecule has 0 aromatic heterocycles. The van der Waals surface area contributed by atoms with Gasteiger partial charge in [0.15, 0.2) is 0 Å². The maximum atomic E-state index is 12.2. The van der Waals surface area contributed by atoms with E-state index in [1.807, 2.05) is 24.3 Å². The molecule has 1 aliphatic rings. The lowest BCUT2D eigenvalue weighted by Crippen LogP contribution is -2.23. The van der Waals surface area contributed by atoms with E-state index in [0.717, 1.165) is 24.2 Å². The monoisotopic (exact) mass is 373 g/mol. The topological polar surface area (TPSA) is 88.2 Å². The van der Waals surface area contributed by atoms with Crippen molar-refractivity contribution < 1.29 is 9.53 Å². The smallest absolute Gasteiger partial charge is 0.251 e. The van der Waals surface area contributed by atoms with Gasteiger partial charge >= 0.3 is 0 Å². The van der Waals surface area contributed by atoms with Crippen LogP contribution in [0.5, 0.6) is 5.75 Å². The molecule has 1 amide bonds. The molecule has 26 heavy (non-hydrogen) atoms. The van der Waals surface area contributed by atoms with Crippen LogP contribution >= 0.6 is 12.4 Å². The number of carbonyl (C=O) groups is 1. The normalized spacial score (nSPS) is 13.7. The molecule has 3 rings (SSSR count). The Morgan fingerprint density at radius 2 is 1.77 bits per heavy atom. The summed E-state index contributed by atoms with van der Waals surface area (Å²) in [6.07, 6.45) is 5.12. The number of carbonyl (C=O) groups excluding carboxylic acids is 1. The molecule has 1 aliphatic carbocycles. The van der Waals surface area contributed by atoms with Gasteiger partial charge in [-0.1, -0.05) is 24.3 Å². The number of nitrogens with one attached hydrogen (secondary N) is 2.